The van der Waals surface area contributed by atoms with E-state index in [0.29, 0.717) is 23.7 Å². The molecule has 0 saturated carbocycles. The highest BCUT2D eigenvalue weighted by Gasteiger charge is 2.27. The summed E-state index contributed by atoms with van der Waals surface area (Å²) in [4.78, 5) is 12.7. The molecule has 1 atom stereocenters. The van der Waals surface area contributed by atoms with Gasteiger partial charge in [-0.25, -0.2) is 0 Å². The number of hydrogen-bond donors (Lipinski definition) is 2. The van der Waals surface area contributed by atoms with E-state index in [-0.39, 0.29) is 40.8 Å². The number of fused-ring (bicyclic) bond motifs is 1. The Kier molecular flexibility index (Phi) is 5.95. The van der Waals surface area contributed by atoms with Crippen molar-refractivity contribution in [3.63, 3.8) is 0 Å². The first-order valence-electron chi connectivity index (χ1n) is 10.5. The van der Waals surface area contributed by atoms with Gasteiger partial charge in [-0.15, -0.1) is 0 Å². The average Bonchev–Trinajstić information content (AvgIpc) is 3.10. The zero-order chi connectivity index (χ0) is 23.8. The number of benzene rings is 2. The predicted molar refractivity (Wildman–Crippen MR) is 121 cm³/mol. The van der Waals surface area contributed by atoms with Gasteiger partial charge in [-0.1, -0.05) is 19.1 Å². The standard InChI is InChI=1S/C25H26O8/c1-14(11-29-4)18-6-5-15(7-19(18)26)22-10-21(28)24-20(27)8-16(9-23(24)32-22)30-12-17-13-31-25(2,3)33-17/h5-10,13-14,26-27H,11-12H2,1-4H3. The fourth-order valence-corrected chi connectivity index (χ4v) is 3.71. The molecule has 2 heterocycles. The predicted octanol–water partition coefficient (Wildman–Crippen LogP) is 4.62. The van der Waals surface area contributed by atoms with Crippen LogP contribution in [-0.2, 0) is 14.2 Å². The first kappa shape index (κ1) is 22.5. The summed E-state index contributed by atoms with van der Waals surface area (Å²) in [6.45, 7) is 6.03. The smallest absolute Gasteiger partial charge is 0.244 e. The Bertz CT molecular complexity index is 1270. The molecule has 0 aliphatic carbocycles. The lowest BCUT2D eigenvalue weighted by molar-refractivity contribution is -0.119. The molecule has 8 nitrogen and oxygen atoms in total. The topological polar surface area (TPSA) is 108 Å². The minimum absolute atomic E-state index is 0.000692. The summed E-state index contributed by atoms with van der Waals surface area (Å²) in [6.07, 6.45) is 1.47. The maximum Gasteiger partial charge on any atom is 0.244 e. The molecule has 0 radical (unpaired) electrons. The molecule has 0 spiro atoms. The van der Waals surface area contributed by atoms with Gasteiger partial charge in [0.1, 0.15) is 46.8 Å². The lowest BCUT2D eigenvalue weighted by atomic mass is 9.98. The van der Waals surface area contributed by atoms with Crippen molar-refractivity contribution in [1.29, 1.82) is 0 Å². The number of aromatic hydroxyl groups is 2. The number of hydrogen-bond acceptors (Lipinski definition) is 8. The fourth-order valence-electron chi connectivity index (χ4n) is 3.71. The fraction of sp³-hybridized carbons (Fsp3) is 0.320. The second kappa shape index (κ2) is 8.71. The third kappa shape index (κ3) is 4.75. The molecule has 3 aromatic rings. The van der Waals surface area contributed by atoms with Gasteiger partial charge in [-0.3, -0.25) is 4.79 Å². The van der Waals surface area contributed by atoms with Crippen molar-refractivity contribution in [3.05, 3.63) is 64.2 Å². The van der Waals surface area contributed by atoms with Crippen LogP contribution < -0.4 is 10.2 Å². The number of methoxy groups -OCH3 is 1. The molecule has 8 heteroatoms. The highest BCUT2D eigenvalue weighted by Crippen LogP contribution is 2.34. The van der Waals surface area contributed by atoms with Crippen LogP contribution >= 0.6 is 0 Å². The molecule has 174 valence electrons. The van der Waals surface area contributed by atoms with E-state index in [9.17, 15) is 15.0 Å². The average molecular weight is 454 g/mol. The van der Waals surface area contributed by atoms with Crippen molar-refractivity contribution in [1.82, 2.24) is 0 Å². The Labute approximate surface area is 190 Å². The zero-order valence-corrected chi connectivity index (χ0v) is 18.9. The van der Waals surface area contributed by atoms with E-state index >= 15 is 0 Å². The summed E-state index contributed by atoms with van der Waals surface area (Å²) in [5.41, 5.74) is 0.993. The van der Waals surface area contributed by atoms with Crippen molar-refractivity contribution >= 4 is 11.0 Å². The maximum atomic E-state index is 12.7. The van der Waals surface area contributed by atoms with Gasteiger partial charge < -0.3 is 33.6 Å². The summed E-state index contributed by atoms with van der Waals surface area (Å²) in [7, 11) is 1.60. The van der Waals surface area contributed by atoms with Crippen molar-refractivity contribution < 1.29 is 33.6 Å². The molecule has 1 aromatic heterocycles. The Morgan fingerprint density at radius 1 is 1.09 bits per heavy atom. The number of rotatable bonds is 7. The summed E-state index contributed by atoms with van der Waals surface area (Å²) in [5.74, 6) is 0.103. The van der Waals surface area contributed by atoms with Crippen LogP contribution in [0.25, 0.3) is 22.3 Å². The molecule has 33 heavy (non-hydrogen) atoms. The lowest BCUT2D eigenvalue weighted by Crippen LogP contribution is -2.21. The van der Waals surface area contributed by atoms with E-state index in [2.05, 4.69) is 0 Å². The van der Waals surface area contributed by atoms with Crippen LogP contribution in [0, 0.1) is 0 Å². The van der Waals surface area contributed by atoms with Gasteiger partial charge in [-0.05, 0) is 11.6 Å². The highest BCUT2D eigenvalue weighted by atomic mass is 16.7. The second-order valence-electron chi connectivity index (χ2n) is 8.41. The van der Waals surface area contributed by atoms with Crippen LogP contribution in [0.5, 0.6) is 17.2 Å². The van der Waals surface area contributed by atoms with E-state index in [1.165, 1.54) is 30.5 Å². The minimum Gasteiger partial charge on any atom is -0.508 e. The molecular formula is C25H26O8. The van der Waals surface area contributed by atoms with Crippen LogP contribution in [-0.4, -0.2) is 36.3 Å². The van der Waals surface area contributed by atoms with Gasteiger partial charge in [-0.2, -0.15) is 0 Å². The van der Waals surface area contributed by atoms with Crippen molar-refractivity contribution in [2.75, 3.05) is 20.3 Å². The SMILES string of the molecule is COCC(C)c1ccc(-c2cc(=O)c3c(O)cc(OCC4=COC(C)(C)O4)cc3o2)cc1O. The van der Waals surface area contributed by atoms with Gasteiger partial charge in [0, 0.05) is 50.6 Å². The molecular weight excluding hydrogens is 428 g/mol. The zero-order valence-electron chi connectivity index (χ0n) is 18.9. The van der Waals surface area contributed by atoms with Crippen molar-refractivity contribution in [2.45, 2.75) is 32.5 Å². The number of phenolic OH excluding ortho intramolecular Hbond substituents is 2. The molecule has 1 aliphatic heterocycles. The van der Waals surface area contributed by atoms with Crippen LogP contribution in [0.3, 0.4) is 0 Å². The summed E-state index contributed by atoms with van der Waals surface area (Å²) < 4.78 is 27.7. The number of ether oxygens (including phenoxy) is 4. The monoisotopic (exact) mass is 454 g/mol. The molecule has 2 aromatic carbocycles. The normalized spacial score (nSPS) is 15.6. The minimum atomic E-state index is -0.756. The van der Waals surface area contributed by atoms with Gasteiger partial charge in [0.25, 0.3) is 0 Å². The summed E-state index contributed by atoms with van der Waals surface area (Å²) in [5, 5.41) is 20.9. The summed E-state index contributed by atoms with van der Waals surface area (Å²) in [6, 6.07) is 9.23. The highest BCUT2D eigenvalue weighted by molar-refractivity contribution is 5.86. The Balaban J connectivity index is 1.64. The van der Waals surface area contributed by atoms with E-state index in [1.807, 2.05) is 6.92 Å². The Morgan fingerprint density at radius 3 is 2.55 bits per heavy atom. The summed E-state index contributed by atoms with van der Waals surface area (Å²) >= 11 is 0. The Hall–Kier alpha value is -3.65. The first-order valence-corrected chi connectivity index (χ1v) is 10.5. The number of phenols is 2. The molecule has 0 fully saturated rings. The van der Waals surface area contributed by atoms with Gasteiger partial charge in [0.15, 0.2) is 11.2 Å². The molecule has 0 saturated heterocycles. The van der Waals surface area contributed by atoms with Gasteiger partial charge in [0.05, 0.1) is 6.61 Å². The molecule has 1 unspecified atom stereocenters. The van der Waals surface area contributed by atoms with Gasteiger partial charge >= 0.3 is 0 Å². The molecule has 0 bridgehead atoms. The molecule has 4 rings (SSSR count). The quantitative estimate of drug-likeness (QED) is 0.532. The van der Waals surface area contributed by atoms with E-state index in [1.54, 1.807) is 33.1 Å². The maximum absolute atomic E-state index is 12.7. The van der Waals surface area contributed by atoms with Crippen LogP contribution in [0.4, 0.5) is 0 Å². The molecule has 1 aliphatic rings. The van der Waals surface area contributed by atoms with E-state index < -0.39 is 11.2 Å². The van der Waals surface area contributed by atoms with Crippen LogP contribution in [0.2, 0.25) is 0 Å². The van der Waals surface area contributed by atoms with Gasteiger partial charge in [0.2, 0.25) is 5.79 Å². The van der Waals surface area contributed by atoms with Crippen LogP contribution in [0.15, 0.2) is 57.6 Å². The third-order valence-corrected chi connectivity index (χ3v) is 5.28. The van der Waals surface area contributed by atoms with Crippen molar-refractivity contribution in [2.24, 2.45) is 0 Å². The third-order valence-electron chi connectivity index (χ3n) is 5.28. The molecule has 0 amide bonds. The largest absolute Gasteiger partial charge is 0.508 e. The van der Waals surface area contributed by atoms with Crippen LogP contribution in [0.1, 0.15) is 32.3 Å². The molecule has 2 N–H and O–H groups in total. The van der Waals surface area contributed by atoms with E-state index in [4.69, 9.17) is 23.4 Å². The first-order chi connectivity index (χ1) is 15.7. The Morgan fingerprint density at radius 2 is 1.88 bits per heavy atom. The lowest BCUT2D eigenvalue weighted by Gasteiger charge is -2.18. The van der Waals surface area contributed by atoms with Crippen molar-refractivity contribution in [3.8, 4) is 28.6 Å². The second-order valence-corrected chi connectivity index (χ2v) is 8.41. The van der Waals surface area contributed by atoms with E-state index in [0.717, 1.165) is 5.56 Å².